The van der Waals surface area contributed by atoms with Gasteiger partial charge in [-0.25, -0.2) is 10.2 Å². The molecule has 4 aromatic rings. The van der Waals surface area contributed by atoms with Crippen LogP contribution in [0.15, 0.2) is 69.3 Å². The van der Waals surface area contributed by atoms with Crippen molar-refractivity contribution in [3.8, 4) is 5.75 Å². The summed E-state index contributed by atoms with van der Waals surface area (Å²) in [5.41, 5.74) is 5.14. The highest BCUT2D eigenvalue weighted by molar-refractivity contribution is 5.99. The number of anilines is 1. The monoisotopic (exact) mass is 418 g/mol. The van der Waals surface area contributed by atoms with E-state index >= 15 is 0 Å². The Balaban J connectivity index is 1.77. The second-order valence-electron chi connectivity index (χ2n) is 7.04. The molecule has 2 N–H and O–H groups in total. The van der Waals surface area contributed by atoms with Crippen LogP contribution in [-0.2, 0) is 13.6 Å². The van der Waals surface area contributed by atoms with Crippen LogP contribution in [0.5, 0.6) is 5.75 Å². The molecule has 0 aliphatic carbocycles. The minimum absolute atomic E-state index is 0.282. The molecule has 0 spiro atoms. The van der Waals surface area contributed by atoms with Crippen molar-refractivity contribution in [1.82, 2.24) is 19.1 Å². The highest BCUT2D eigenvalue weighted by atomic mass is 16.5. The van der Waals surface area contributed by atoms with Crippen LogP contribution in [0.3, 0.4) is 0 Å². The van der Waals surface area contributed by atoms with Gasteiger partial charge in [0.05, 0.1) is 19.4 Å². The third kappa shape index (κ3) is 3.97. The summed E-state index contributed by atoms with van der Waals surface area (Å²) in [7, 11) is 3.18. The maximum absolute atomic E-state index is 12.6. The number of imidazole rings is 1. The van der Waals surface area contributed by atoms with E-state index < -0.39 is 11.2 Å². The molecule has 0 aliphatic heterocycles. The summed E-state index contributed by atoms with van der Waals surface area (Å²) in [6.07, 6.45) is 0. The molecular formula is C22H22N6O3. The lowest BCUT2D eigenvalue weighted by molar-refractivity contribution is 0.415. The van der Waals surface area contributed by atoms with Gasteiger partial charge in [0, 0.05) is 7.05 Å². The smallest absolute Gasteiger partial charge is 0.329 e. The highest BCUT2D eigenvalue weighted by Crippen LogP contribution is 2.18. The number of aromatic amines is 1. The van der Waals surface area contributed by atoms with Crippen LogP contribution in [0.1, 0.15) is 18.1 Å². The van der Waals surface area contributed by atoms with Gasteiger partial charge in [0.25, 0.3) is 5.56 Å². The first-order valence-corrected chi connectivity index (χ1v) is 9.66. The molecule has 0 aliphatic rings. The molecule has 0 bridgehead atoms. The number of fused-ring (bicyclic) bond motifs is 1. The molecule has 0 atom stereocenters. The zero-order valence-electron chi connectivity index (χ0n) is 17.4. The number of methoxy groups -OCH3 is 1. The van der Waals surface area contributed by atoms with E-state index in [9.17, 15) is 9.59 Å². The van der Waals surface area contributed by atoms with Crippen molar-refractivity contribution >= 4 is 22.8 Å². The fourth-order valence-corrected chi connectivity index (χ4v) is 3.27. The molecule has 2 heterocycles. The zero-order chi connectivity index (χ0) is 22.0. The Morgan fingerprint density at radius 3 is 2.52 bits per heavy atom. The molecule has 0 saturated carbocycles. The summed E-state index contributed by atoms with van der Waals surface area (Å²) in [5.74, 6) is 1.12. The average Bonchev–Trinajstić information content (AvgIpc) is 3.15. The van der Waals surface area contributed by atoms with Crippen LogP contribution < -0.4 is 21.4 Å². The van der Waals surface area contributed by atoms with Gasteiger partial charge in [-0.05, 0) is 42.3 Å². The molecule has 0 saturated heterocycles. The summed E-state index contributed by atoms with van der Waals surface area (Å²) < 4.78 is 8.21. The van der Waals surface area contributed by atoms with E-state index in [0.29, 0.717) is 18.0 Å². The van der Waals surface area contributed by atoms with E-state index in [4.69, 9.17) is 4.74 Å². The zero-order valence-corrected chi connectivity index (χ0v) is 17.4. The van der Waals surface area contributed by atoms with Crippen molar-refractivity contribution in [2.45, 2.75) is 13.5 Å². The fraction of sp³-hybridized carbons (Fsp3) is 0.182. The number of rotatable bonds is 6. The third-order valence-electron chi connectivity index (χ3n) is 5.02. The normalized spacial score (nSPS) is 11.6. The first-order chi connectivity index (χ1) is 15.0. The largest absolute Gasteiger partial charge is 0.497 e. The molecule has 9 heteroatoms. The SMILES string of the molecule is COc1ccc(C(C)=NNc2nc3c(c(=O)[nH]c(=O)n3C)n2Cc2ccccc2)cc1. The third-order valence-corrected chi connectivity index (χ3v) is 5.02. The summed E-state index contributed by atoms with van der Waals surface area (Å²) in [4.78, 5) is 31.5. The number of nitrogens with one attached hydrogen (secondary N) is 2. The van der Waals surface area contributed by atoms with Crippen molar-refractivity contribution in [3.05, 3.63) is 86.6 Å². The predicted octanol–water partition coefficient (Wildman–Crippen LogP) is 2.32. The minimum atomic E-state index is -0.522. The van der Waals surface area contributed by atoms with Gasteiger partial charge in [0.2, 0.25) is 5.95 Å². The van der Waals surface area contributed by atoms with Gasteiger partial charge in [-0.1, -0.05) is 30.3 Å². The van der Waals surface area contributed by atoms with E-state index in [-0.39, 0.29) is 5.65 Å². The van der Waals surface area contributed by atoms with Crippen LogP contribution in [0, 0.1) is 0 Å². The molecule has 9 nitrogen and oxygen atoms in total. The first-order valence-electron chi connectivity index (χ1n) is 9.66. The minimum Gasteiger partial charge on any atom is -0.497 e. The van der Waals surface area contributed by atoms with E-state index in [1.807, 2.05) is 61.5 Å². The van der Waals surface area contributed by atoms with Crippen molar-refractivity contribution < 1.29 is 4.74 Å². The molecule has 0 radical (unpaired) electrons. The second-order valence-corrected chi connectivity index (χ2v) is 7.04. The fourth-order valence-electron chi connectivity index (χ4n) is 3.27. The molecule has 2 aromatic carbocycles. The summed E-state index contributed by atoms with van der Waals surface area (Å²) in [6, 6.07) is 17.2. The molecule has 31 heavy (non-hydrogen) atoms. The van der Waals surface area contributed by atoms with Gasteiger partial charge in [0.1, 0.15) is 5.75 Å². The molecule has 4 rings (SSSR count). The van der Waals surface area contributed by atoms with E-state index in [2.05, 4.69) is 20.5 Å². The van der Waals surface area contributed by atoms with Gasteiger partial charge >= 0.3 is 5.69 Å². The number of aromatic nitrogens is 4. The Morgan fingerprint density at radius 2 is 1.84 bits per heavy atom. The van der Waals surface area contributed by atoms with Crippen LogP contribution in [0.4, 0.5) is 5.95 Å². The summed E-state index contributed by atoms with van der Waals surface area (Å²) >= 11 is 0. The van der Waals surface area contributed by atoms with Crippen molar-refractivity contribution in [2.24, 2.45) is 12.1 Å². The van der Waals surface area contributed by atoms with E-state index in [0.717, 1.165) is 22.6 Å². The van der Waals surface area contributed by atoms with Crippen molar-refractivity contribution in [2.75, 3.05) is 12.5 Å². The lowest BCUT2D eigenvalue weighted by atomic mass is 10.1. The highest BCUT2D eigenvalue weighted by Gasteiger charge is 2.17. The number of ether oxygens (including phenoxy) is 1. The van der Waals surface area contributed by atoms with Gasteiger partial charge in [-0.3, -0.25) is 18.9 Å². The average molecular weight is 418 g/mol. The second kappa shape index (κ2) is 8.31. The van der Waals surface area contributed by atoms with Gasteiger partial charge in [-0.2, -0.15) is 10.1 Å². The van der Waals surface area contributed by atoms with Crippen molar-refractivity contribution in [1.29, 1.82) is 0 Å². The number of nitrogens with zero attached hydrogens (tertiary/aromatic N) is 4. The predicted molar refractivity (Wildman–Crippen MR) is 120 cm³/mol. The van der Waals surface area contributed by atoms with Gasteiger partial charge < -0.3 is 4.74 Å². The lowest BCUT2D eigenvalue weighted by Gasteiger charge is -2.09. The Bertz CT molecular complexity index is 1360. The maximum atomic E-state index is 12.6. The molecule has 0 fully saturated rings. The number of H-pyrrole nitrogens is 1. The summed E-state index contributed by atoms with van der Waals surface area (Å²) in [6.45, 7) is 2.25. The number of hydrazone groups is 1. The van der Waals surface area contributed by atoms with Gasteiger partial charge in [0.15, 0.2) is 11.2 Å². The number of hydrogen-bond acceptors (Lipinski definition) is 6. The van der Waals surface area contributed by atoms with E-state index in [1.54, 1.807) is 18.7 Å². The molecule has 158 valence electrons. The topological polar surface area (TPSA) is 106 Å². The number of aryl methyl sites for hydroxylation is 1. The standard InChI is InChI=1S/C22H22N6O3/c1-14(16-9-11-17(31-3)12-10-16)25-26-21-23-19-18(20(29)24-22(30)27(19)2)28(21)13-15-7-5-4-6-8-15/h4-12H,13H2,1-3H3,(H,23,26)(H,24,29,30). The Morgan fingerprint density at radius 1 is 1.13 bits per heavy atom. The molecular weight excluding hydrogens is 396 g/mol. The lowest BCUT2D eigenvalue weighted by Crippen LogP contribution is -2.29. The number of benzene rings is 2. The number of hydrogen-bond donors (Lipinski definition) is 2. The Hall–Kier alpha value is -4.14. The van der Waals surface area contributed by atoms with Crippen molar-refractivity contribution in [3.63, 3.8) is 0 Å². The maximum Gasteiger partial charge on any atom is 0.329 e. The van der Waals surface area contributed by atoms with Crippen LogP contribution in [0.2, 0.25) is 0 Å². The molecule has 2 aromatic heterocycles. The Labute approximate surface area is 177 Å². The molecule has 0 unspecified atom stereocenters. The van der Waals surface area contributed by atoms with E-state index in [1.165, 1.54) is 4.57 Å². The van der Waals surface area contributed by atoms with Gasteiger partial charge in [-0.15, -0.1) is 0 Å². The first kappa shape index (κ1) is 20.1. The Kier molecular flexibility index (Phi) is 5.40. The van der Waals surface area contributed by atoms with Crippen LogP contribution >= 0.6 is 0 Å². The van der Waals surface area contributed by atoms with Crippen LogP contribution in [-0.4, -0.2) is 31.9 Å². The quantitative estimate of drug-likeness (QED) is 0.369. The summed E-state index contributed by atoms with van der Waals surface area (Å²) in [5, 5.41) is 4.44. The molecule has 0 amide bonds. The van der Waals surface area contributed by atoms with Crippen LogP contribution in [0.25, 0.3) is 11.2 Å².